The minimum atomic E-state index is 0.510. The molecule has 2 nitrogen and oxygen atoms in total. The summed E-state index contributed by atoms with van der Waals surface area (Å²) in [6.45, 7) is 3.15. The Morgan fingerprint density at radius 3 is 2.60 bits per heavy atom. The fourth-order valence-corrected chi connectivity index (χ4v) is 2.12. The minimum absolute atomic E-state index is 0.510. The number of hydrogen-bond acceptors (Lipinski definition) is 2. The van der Waals surface area contributed by atoms with Gasteiger partial charge in [0.25, 0.3) is 0 Å². The van der Waals surface area contributed by atoms with Crippen LogP contribution in [0, 0.1) is 0 Å². The Labute approximate surface area is 100.0 Å². The van der Waals surface area contributed by atoms with Crippen LogP contribution in [0.5, 0.6) is 0 Å². The fraction of sp³-hybridized carbons (Fsp3) is 0.455. The van der Waals surface area contributed by atoms with E-state index in [4.69, 9.17) is 23.2 Å². The number of rotatable bonds is 1. The summed E-state index contributed by atoms with van der Waals surface area (Å²) in [4.78, 5) is 0. The summed E-state index contributed by atoms with van der Waals surface area (Å²) < 4.78 is 0. The molecule has 0 fully saturated rings. The summed E-state index contributed by atoms with van der Waals surface area (Å²) in [5.41, 5.74) is 2.09. The van der Waals surface area contributed by atoms with Crippen molar-refractivity contribution in [1.82, 2.24) is 0 Å². The molecule has 1 aromatic carbocycles. The smallest absolute Gasteiger partial charge is 0.0614 e. The van der Waals surface area contributed by atoms with Crippen LogP contribution < -0.4 is 10.6 Å². The number of nitrogens with one attached hydrogen (secondary N) is 2. The Hall–Kier alpha value is -0.600. The summed E-state index contributed by atoms with van der Waals surface area (Å²) in [5.74, 6) is 0. The van der Waals surface area contributed by atoms with Crippen LogP contribution in [0.1, 0.15) is 19.8 Å². The Morgan fingerprint density at radius 2 is 1.93 bits per heavy atom. The van der Waals surface area contributed by atoms with Gasteiger partial charge in [-0.2, -0.15) is 0 Å². The zero-order valence-electron chi connectivity index (χ0n) is 8.61. The van der Waals surface area contributed by atoms with Gasteiger partial charge in [-0.1, -0.05) is 30.1 Å². The Bertz CT molecular complexity index is 366. The van der Waals surface area contributed by atoms with Crippen LogP contribution in [-0.4, -0.2) is 12.6 Å². The number of fused-ring (bicyclic) bond motifs is 1. The van der Waals surface area contributed by atoms with Crippen molar-refractivity contribution >= 4 is 34.6 Å². The van der Waals surface area contributed by atoms with Crippen LogP contribution in [0.4, 0.5) is 11.4 Å². The van der Waals surface area contributed by atoms with Crippen molar-refractivity contribution < 1.29 is 0 Å². The van der Waals surface area contributed by atoms with E-state index >= 15 is 0 Å². The van der Waals surface area contributed by atoms with Crippen LogP contribution >= 0.6 is 23.2 Å². The van der Waals surface area contributed by atoms with Gasteiger partial charge >= 0.3 is 0 Å². The number of hydrogen-bond donors (Lipinski definition) is 2. The van der Waals surface area contributed by atoms with Crippen LogP contribution in [0.3, 0.4) is 0 Å². The first kappa shape index (κ1) is 10.9. The number of anilines is 2. The predicted octanol–water partition coefficient (Wildman–Crippen LogP) is 4.00. The summed E-state index contributed by atoms with van der Waals surface area (Å²) in [7, 11) is 0. The van der Waals surface area contributed by atoms with E-state index in [0.29, 0.717) is 16.1 Å². The normalized spacial score (nSPS) is 19.8. The first-order valence-corrected chi connectivity index (χ1v) is 5.95. The summed E-state index contributed by atoms with van der Waals surface area (Å²) in [6, 6.07) is 4.28. The molecule has 0 bridgehead atoms. The molecule has 0 radical (unpaired) electrons. The molecule has 1 atom stereocenters. The van der Waals surface area contributed by atoms with Gasteiger partial charge in [-0.3, -0.25) is 0 Å². The third-order valence-electron chi connectivity index (χ3n) is 2.72. The highest BCUT2D eigenvalue weighted by Crippen LogP contribution is 2.34. The fourth-order valence-electron chi connectivity index (χ4n) is 1.79. The van der Waals surface area contributed by atoms with Gasteiger partial charge < -0.3 is 10.6 Å². The molecule has 0 saturated carbocycles. The van der Waals surface area contributed by atoms with Gasteiger partial charge in [0.05, 0.1) is 21.4 Å². The molecular weight excluding hydrogens is 231 g/mol. The van der Waals surface area contributed by atoms with Crippen LogP contribution in [0.2, 0.25) is 10.0 Å². The SMILES string of the molecule is CCC1CCNc2cc(Cl)c(Cl)cc2N1. The second kappa shape index (κ2) is 4.50. The maximum atomic E-state index is 5.99. The average Bonchev–Trinajstić information content (AvgIpc) is 2.41. The lowest BCUT2D eigenvalue weighted by atomic mass is 10.1. The Kier molecular flexibility index (Phi) is 3.27. The maximum absolute atomic E-state index is 5.99. The van der Waals surface area contributed by atoms with Crippen LogP contribution in [-0.2, 0) is 0 Å². The second-order valence-corrected chi connectivity index (χ2v) is 4.59. The lowest BCUT2D eigenvalue weighted by Gasteiger charge is -2.15. The largest absolute Gasteiger partial charge is 0.383 e. The topological polar surface area (TPSA) is 24.1 Å². The van der Waals surface area contributed by atoms with Gasteiger partial charge in [0.2, 0.25) is 0 Å². The lowest BCUT2D eigenvalue weighted by Crippen LogP contribution is -2.18. The van der Waals surface area contributed by atoms with E-state index in [1.807, 2.05) is 12.1 Å². The highest BCUT2D eigenvalue weighted by molar-refractivity contribution is 6.42. The Balaban J connectivity index is 2.34. The highest BCUT2D eigenvalue weighted by atomic mass is 35.5. The van der Waals surface area contributed by atoms with Gasteiger partial charge in [-0.05, 0) is 25.0 Å². The standard InChI is InChI=1S/C11H14Cl2N2/c1-2-7-3-4-14-10-5-8(12)9(13)6-11(10)15-7/h5-7,14-15H,2-4H2,1H3. The molecular formula is C11H14Cl2N2. The van der Waals surface area contributed by atoms with E-state index < -0.39 is 0 Å². The first-order chi connectivity index (χ1) is 7.20. The van der Waals surface area contributed by atoms with Crippen LogP contribution in [0.15, 0.2) is 12.1 Å². The van der Waals surface area contributed by atoms with E-state index in [9.17, 15) is 0 Å². The van der Waals surface area contributed by atoms with Crippen LogP contribution in [0.25, 0.3) is 0 Å². The van der Waals surface area contributed by atoms with Crippen molar-refractivity contribution in [2.24, 2.45) is 0 Å². The van der Waals surface area contributed by atoms with E-state index in [0.717, 1.165) is 30.8 Å². The molecule has 1 aliphatic heterocycles. The molecule has 4 heteroatoms. The lowest BCUT2D eigenvalue weighted by molar-refractivity contribution is 0.661. The monoisotopic (exact) mass is 244 g/mol. The van der Waals surface area contributed by atoms with Gasteiger partial charge in [0.15, 0.2) is 0 Å². The molecule has 0 amide bonds. The number of halogens is 2. The molecule has 0 saturated heterocycles. The molecule has 15 heavy (non-hydrogen) atoms. The van der Waals surface area contributed by atoms with Gasteiger partial charge in [0, 0.05) is 12.6 Å². The third-order valence-corrected chi connectivity index (χ3v) is 3.44. The van der Waals surface area contributed by atoms with E-state index in [1.54, 1.807) is 0 Å². The van der Waals surface area contributed by atoms with E-state index in [1.165, 1.54) is 0 Å². The van der Waals surface area contributed by atoms with Gasteiger partial charge in [0.1, 0.15) is 0 Å². The molecule has 2 N–H and O–H groups in total. The van der Waals surface area contributed by atoms with Crippen molar-refractivity contribution in [2.45, 2.75) is 25.8 Å². The first-order valence-electron chi connectivity index (χ1n) is 5.20. The maximum Gasteiger partial charge on any atom is 0.0614 e. The quantitative estimate of drug-likeness (QED) is 0.781. The van der Waals surface area contributed by atoms with Gasteiger partial charge in [-0.15, -0.1) is 0 Å². The summed E-state index contributed by atoms with van der Waals surface area (Å²) >= 11 is 12.0. The molecule has 2 rings (SSSR count). The molecule has 1 heterocycles. The predicted molar refractivity (Wildman–Crippen MR) is 67.3 cm³/mol. The van der Waals surface area contributed by atoms with Crippen molar-refractivity contribution in [1.29, 1.82) is 0 Å². The molecule has 0 aliphatic carbocycles. The zero-order valence-corrected chi connectivity index (χ0v) is 10.1. The average molecular weight is 245 g/mol. The molecule has 0 aromatic heterocycles. The molecule has 1 aliphatic rings. The van der Waals surface area contributed by atoms with Gasteiger partial charge in [-0.25, -0.2) is 0 Å². The van der Waals surface area contributed by atoms with Crippen molar-refractivity contribution in [3.63, 3.8) is 0 Å². The third kappa shape index (κ3) is 2.32. The van der Waals surface area contributed by atoms with E-state index in [-0.39, 0.29) is 0 Å². The molecule has 0 spiro atoms. The Morgan fingerprint density at radius 1 is 1.27 bits per heavy atom. The second-order valence-electron chi connectivity index (χ2n) is 3.78. The highest BCUT2D eigenvalue weighted by Gasteiger charge is 2.15. The summed E-state index contributed by atoms with van der Waals surface area (Å²) in [6.07, 6.45) is 2.22. The molecule has 82 valence electrons. The van der Waals surface area contributed by atoms with Crippen molar-refractivity contribution in [3.8, 4) is 0 Å². The number of benzene rings is 1. The van der Waals surface area contributed by atoms with E-state index in [2.05, 4.69) is 17.6 Å². The van der Waals surface area contributed by atoms with Crippen molar-refractivity contribution in [3.05, 3.63) is 22.2 Å². The zero-order chi connectivity index (χ0) is 10.8. The van der Waals surface area contributed by atoms with Crippen molar-refractivity contribution in [2.75, 3.05) is 17.2 Å². The minimum Gasteiger partial charge on any atom is -0.383 e. The molecule has 1 unspecified atom stereocenters. The molecule has 1 aromatic rings. The summed E-state index contributed by atoms with van der Waals surface area (Å²) in [5, 5.41) is 8.02.